The minimum atomic E-state index is 0.0476. The molecule has 0 aromatic heterocycles. The first kappa shape index (κ1) is 18.8. The number of carbonyl (C=O) groups excluding carboxylic acids is 1. The summed E-state index contributed by atoms with van der Waals surface area (Å²) < 4.78 is 10.8. The normalized spacial score (nSPS) is 20.8. The summed E-state index contributed by atoms with van der Waals surface area (Å²) in [6, 6.07) is 6.43. The maximum atomic E-state index is 12.5. The van der Waals surface area contributed by atoms with Gasteiger partial charge in [0.15, 0.2) is 11.5 Å². The summed E-state index contributed by atoms with van der Waals surface area (Å²) >= 11 is 0. The van der Waals surface area contributed by atoms with Gasteiger partial charge in [-0.2, -0.15) is 0 Å². The van der Waals surface area contributed by atoms with Gasteiger partial charge in [0, 0.05) is 25.7 Å². The molecule has 2 aliphatic rings. The third kappa shape index (κ3) is 4.41. The van der Waals surface area contributed by atoms with E-state index in [-0.39, 0.29) is 6.03 Å². The predicted octanol–water partition coefficient (Wildman–Crippen LogP) is 2.52. The molecule has 1 atom stereocenters. The zero-order chi connectivity index (χ0) is 18.4. The summed E-state index contributed by atoms with van der Waals surface area (Å²) in [6.07, 6.45) is 5.75. The summed E-state index contributed by atoms with van der Waals surface area (Å²) in [5.41, 5.74) is 1.04. The van der Waals surface area contributed by atoms with Crippen molar-refractivity contribution < 1.29 is 14.3 Å². The molecule has 1 aromatic carbocycles. The van der Waals surface area contributed by atoms with Gasteiger partial charge in [0.2, 0.25) is 0 Å². The molecule has 6 heteroatoms. The van der Waals surface area contributed by atoms with E-state index in [0.717, 1.165) is 43.0 Å². The maximum Gasteiger partial charge on any atom is 0.317 e. The van der Waals surface area contributed by atoms with E-state index in [1.807, 2.05) is 23.1 Å². The van der Waals surface area contributed by atoms with Crippen LogP contribution in [0, 0.1) is 0 Å². The lowest BCUT2D eigenvalue weighted by atomic mass is 10.1. The average Bonchev–Trinajstić information content (AvgIpc) is 3.18. The molecule has 3 rings (SSSR count). The van der Waals surface area contributed by atoms with Crippen molar-refractivity contribution in [2.24, 2.45) is 0 Å². The van der Waals surface area contributed by atoms with Crippen LogP contribution >= 0.6 is 0 Å². The summed E-state index contributed by atoms with van der Waals surface area (Å²) in [4.78, 5) is 17.0. The first-order valence-electron chi connectivity index (χ1n) is 9.69. The number of ether oxygens (including phenoxy) is 2. The van der Waals surface area contributed by atoms with Gasteiger partial charge in [-0.05, 0) is 50.4 Å². The molecule has 2 fully saturated rings. The largest absolute Gasteiger partial charge is 0.493 e. The molecule has 0 unspecified atom stereocenters. The molecule has 1 N–H and O–H groups in total. The smallest absolute Gasteiger partial charge is 0.317 e. The fraction of sp³-hybridized carbons (Fsp3) is 0.650. The van der Waals surface area contributed by atoms with Crippen molar-refractivity contribution in [1.82, 2.24) is 15.1 Å². The van der Waals surface area contributed by atoms with E-state index in [1.54, 1.807) is 14.2 Å². The number of methoxy groups -OCH3 is 2. The van der Waals surface area contributed by atoms with Crippen LogP contribution in [0.4, 0.5) is 4.79 Å². The number of para-hydroxylation sites is 1. The van der Waals surface area contributed by atoms with Crippen LogP contribution in [0.15, 0.2) is 18.2 Å². The first-order valence-corrected chi connectivity index (χ1v) is 9.69. The van der Waals surface area contributed by atoms with Crippen molar-refractivity contribution in [2.75, 3.05) is 46.9 Å². The zero-order valence-corrected chi connectivity index (χ0v) is 16.0. The number of nitrogens with zero attached hydrogens (tertiary/aromatic N) is 2. The molecule has 2 saturated heterocycles. The molecular weight excluding hydrogens is 330 g/mol. The highest BCUT2D eigenvalue weighted by Crippen LogP contribution is 2.30. The van der Waals surface area contributed by atoms with Crippen molar-refractivity contribution in [3.63, 3.8) is 0 Å². The van der Waals surface area contributed by atoms with Crippen LogP contribution in [0.1, 0.15) is 31.2 Å². The maximum absolute atomic E-state index is 12.5. The Labute approximate surface area is 156 Å². The van der Waals surface area contributed by atoms with Gasteiger partial charge >= 0.3 is 6.03 Å². The number of piperidine rings is 1. The van der Waals surface area contributed by atoms with Crippen molar-refractivity contribution >= 4 is 6.03 Å². The van der Waals surface area contributed by atoms with E-state index in [9.17, 15) is 4.79 Å². The first-order chi connectivity index (χ1) is 12.7. The topological polar surface area (TPSA) is 54.0 Å². The Bertz CT molecular complexity index is 602. The second-order valence-corrected chi connectivity index (χ2v) is 7.12. The summed E-state index contributed by atoms with van der Waals surface area (Å²) in [5, 5.41) is 3.06. The van der Waals surface area contributed by atoms with E-state index in [0.29, 0.717) is 12.6 Å². The highest BCUT2D eigenvalue weighted by atomic mass is 16.5. The second-order valence-electron chi connectivity index (χ2n) is 7.12. The highest BCUT2D eigenvalue weighted by molar-refractivity contribution is 5.74. The predicted molar refractivity (Wildman–Crippen MR) is 102 cm³/mol. The monoisotopic (exact) mass is 361 g/mol. The van der Waals surface area contributed by atoms with Crippen molar-refractivity contribution in [2.45, 2.75) is 38.1 Å². The number of benzene rings is 1. The SMILES string of the molecule is COc1cccc(CCNC(=O)N2CC[C@H](N3CCCCC3)C2)c1OC. The molecular formula is C20H31N3O3. The summed E-state index contributed by atoms with van der Waals surface area (Å²) in [5.74, 6) is 1.47. The van der Waals surface area contributed by atoms with Gasteiger partial charge in [-0.25, -0.2) is 4.79 Å². The molecule has 1 aromatic rings. The Hall–Kier alpha value is -1.95. The number of carbonyl (C=O) groups is 1. The Kier molecular flexibility index (Phi) is 6.61. The quantitative estimate of drug-likeness (QED) is 0.846. The Morgan fingerprint density at radius 3 is 2.69 bits per heavy atom. The third-order valence-corrected chi connectivity index (χ3v) is 5.51. The van der Waals surface area contributed by atoms with Crippen molar-refractivity contribution in [3.05, 3.63) is 23.8 Å². The van der Waals surface area contributed by atoms with Gasteiger partial charge in [0.25, 0.3) is 0 Å². The standard InChI is InChI=1S/C20H31N3O3/c1-25-18-8-6-7-16(19(18)26-2)9-11-21-20(24)23-14-10-17(15-23)22-12-4-3-5-13-22/h6-8,17H,3-5,9-15H2,1-2H3,(H,21,24)/t17-/m0/s1. The van der Waals surface area contributed by atoms with E-state index in [2.05, 4.69) is 10.2 Å². The molecule has 0 saturated carbocycles. The Morgan fingerprint density at radius 1 is 1.15 bits per heavy atom. The fourth-order valence-corrected chi connectivity index (χ4v) is 4.07. The number of rotatable bonds is 6. The lowest BCUT2D eigenvalue weighted by Gasteiger charge is -2.32. The zero-order valence-electron chi connectivity index (χ0n) is 16.0. The number of urea groups is 1. The van der Waals surface area contributed by atoms with Crippen LogP contribution in [-0.2, 0) is 6.42 Å². The lowest BCUT2D eigenvalue weighted by Crippen LogP contribution is -2.44. The van der Waals surface area contributed by atoms with Gasteiger partial charge in [0.05, 0.1) is 14.2 Å². The van der Waals surface area contributed by atoms with E-state index < -0.39 is 0 Å². The van der Waals surface area contributed by atoms with Crippen molar-refractivity contribution in [1.29, 1.82) is 0 Å². The van der Waals surface area contributed by atoms with Crippen LogP contribution in [-0.4, -0.2) is 68.8 Å². The molecule has 0 bridgehead atoms. The second kappa shape index (κ2) is 9.12. The summed E-state index contributed by atoms with van der Waals surface area (Å²) in [7, 11) is 3.28. The van der Waals surface area contributed by atoms with Crippen LogP contribution in [0.2, 0.25) is 0 Å². The molecule has 2 aliphatic heterocycles. The Balaban J connectivity index is 1.46. The van der Waals surface area contributed by atoms with E-state index in [1.165, 1.54) is 32.4 Å². The molecule has 0 aliphatic carbocycles. The van der Waals surface area contributed by atoms with Gasteiger partial charge in [-0.1, -0.05) is 18.6 Å². The minimum absolute atomic E-state index is 0.0476. The van der Waals surface area contributed by atoms with Gasteiger partial charge < -0.3 is 19.7 Å². The van der Waals surface area contributed by atoms with Crippen LogP contribution in [0.5, 0.6) is 11.5 Å². The number of likely N-dealkylation sites (tertiary alicyclic amines) is 2. The third-order valence-electron chi connectivity index (χ3n) is 5.51. The number of hydrogen-bond acceptors (Lipinski definition) is 4. The average molecular weight is 361 g/mol. The molecule has 0 radical (unpaired) electrons. The molecule has 2 amide bonds. The molecule has 6 nitrogen and oxygen atoms in total. The van der Waals surface area contributed by atoms with Gasteiger partial charge in [-0.15, -0.1) is 0 Å². The van der Waals surface area contributed by atoms with E-state index in [4.69, 9.17) is 9.47 Å². The van der Waals surface area contributed by atoms with Crippen molar-refractivity contribution in [3.8, 4) is 11.5 Å². The molecule has 2 heterocycles. The summed E-state index contributed by atoms with van der Waals surface area (Å²) in [6.45, 7) is 4.68. The minimum Gasteiger partial charge on any atom is -0.493 e. The van der Waals surface area contributed by atoms with Crippen LogP contribution in [0.25, 0.3) is 0 Å². The Morgan fingerprint density at radius 2 is 1.96 bits per heavy atom. The van der Waals surface area contributed by atoms with Crippen LogP contribution in [0.3, 0.4) is 0 Å². The molecule has 26 heavy (non-hydrogen) atoms. The number of hydrogen-bond donors (Lipinski definition) is 1. The highest BCUT2D eigenvalue weighted by Gasteiger charge is 2.30. The van der Waals surface area contributed by atoms with E-state index >= 15 is 0 Å². The number of amides is 2. The molecule has 144 valence electrons. The van der Waals surface area contributed by atoms with Gasteiger partial charge in [-0.3, -0.25) is 4.90 Å². The fourth-order valence-electron chi connectivity index (χ4n) is 4.07. The molecule has 0 spiro atoms. The van der Waals surface area contributed by atoms with Crippen LogP contribution < -0.4 is 14.8 Å². The van der Waals surface area contributed by atoms with Gasteiger partial charge in [0.1, 0.15) is 0 Å². The lowest BCUT2D eigenvalue weighted by molar-refractivity contribution is 0.161. The number of nitrogens with one attached hydrogen (secondary N) is 1.